The molecule has 0 aromatic heterocycles. The Balaban J connectivity index is 1.92. The van der Waals surface area contributed by atoms with Crippen LogP contribution in [0.15, 0.2) is 46.9 Å². The summed E-state index contributed by atoms with van der Waals surface area (Å²) in [7, 11) is 0. The molecule has 0 aliphatic rings. The fourth-order valence-electron chi connectivity index (χ4n) is 1.73. The minimum Gasteiger partial charge on any atom is -0.397 e. The third-order valence-corrected chi connectivity index (χ3v) is 3.36. The van der Waals surface area contributed by atoms with Crippen molar-refractivity contribution in [2.75, 3.05) is 17.6 Å². The summed E-state index contributed by atoms with van der Waals surface area (Å²) in [5.41, 5.74) is 8.76. The van der Waals surface area contributed by atoms with Gasteiger partial charge in [0.15, 0.2) is 0 Å². The van der Waals surface area contributed by atoms with Gasteiger partial charge in [-0.1, -0.05) is 39.7 Å². The van der Waals surface area contributed by atoms with Crippen LogP contribution < -0.4 is 11.1 Å². The molecule has 0 aliphatic heterocycles. The average Bonchev–Trinajstić information content (AvgIpc) is 2.32. The normalized spacial score (nSPS) is 10.3. The Labute approximate surface area is 120 Å². The molecule has 0 radical (unpaired) electrons. The molecule has 0 atom stereocenters. The van der Waals surface area contributed by atoms with Gasteiger partial charge in [-0.15, -0.1) is 0 Å². The van der Waals surface area contributed by atoms with Gasteiger partial charge in [0.2, 0.25) is 0 Å². The van der Waals surface area contributed by atoms with Crippen LogP contribution in [0.5, 0.6) is 0 Å². The van der Waals surface area contributed by atoms with Crippen LogP contribution >= 0.6 is 27.5 Å². The van der Waals surface area contributed by atoms with Crippen LogP contribution in [-0.4, -0.2) is 6.54 Å². The van der Waals surface area contributed by atoms with Gasteiger partial charge in [0.05, 0.1) is 11.4 Å². The Morgan fingerprint density at radius 1 is 1.17 bits per heavy atom. The maximum atomic E-state index is 5.87. The molecule has 4 heteroatoms. The smallest absolute Gasteiger partial charge is 0.0575 e. The zero-order chi connectivity index (χ0) is 13.0. The Bertz CT molecular complexity index is 543. The molecule has 0 fully saturated rings. The summed E-state index contributed by atoms with van der Waals surface area (Å²) in [4.78, 5) is 0. The van der Waals surface area contributed by atoms with Crippen LogP contribution in [0.4, 0.5) is 11.4 Å². The molecular weight excluding hydrogens is 312 g/mol. The SMILES string of the molecule is Nc1cc(Cl)ccc1NCCc1cccc(Br)c1. The molecule has 2 nitrogen and oxygen atoms in total. The van der Waals surface area contributed by atoms with Gasteiger partial charge in [-0.2, -0.15) is 0 Å². The Morgan fingerprint density at radius 3 is 2.72 bits per heavy atom. The number of nitrogens with one attached hydrogen (secondary N) is 1. The lowest BCUT2D eigenvalue weighted by Gasteiger charge is -2.09. The van der Waals surface area contributed by atoms with Crippen molar-refractivity contribution in [1.82, 2.24) is 0 Å². The molecule has 0 spiro atoms. The van der Waals surface area contributed by atoms with Crippen molar-refractivity contribution in [1.29, 1.82) is 0 Å². The molecule has 2 aromatic carbocycles. The van der Waals surface area contributed by atoms with Gasteiger partial charge in [-0.3, -0.25) is 0 Å². The van der Waals surface area contributed by atoms with Gasteiger partial charge in [0.1, 0.15) is 0 Å². The standard InChI is InChI=1S/C14H14BrClN2/c15-11-3-1-2-10(8-11)6-7-18-14-5-4-12(16)9-13(14)17/h1-5,8-9,18H,6-7,17H2. The van der Waals surface area contributed by atoms with Gasteiger partial charge in [0, 0.05) is 16.0 Å². The lowest BCUT2D eigenvalue weighted by molar-refractivity contribution is 1.02. The molecular formula is C14H14BrClN2. The number of nitrogens with two attached hydrogens (primary N) is 1. The molecule has 0 bridgehead atoms. The second kappa shape index (κ2) is 6.12. The fourth-order valence-corrected chi connectivity index (χ4v) is 2.36. The van der Waals surface area contributed by atoms with Crippen molar-refractivity contribution in [3.05, 3.63) is 57.5 Å². The first-order valence-corrected chi connectivity index (χ1v) is 6.85. The molecule has 0 saturated heterocycles. The van der Waals surface area contributed by atoms with Gasteiger partial charge in [-0.25, -0.2) is 0 Å². The molecule has 3 N–H and O–H groups in total. The molecule has 94 valence electrons. The summed E-state index contributed by atoms with van der Waals surface area (Å²) >= 11 is 9.31. The second-order valence-corrected chi connectivity index (χ2v) is 5.39. The van der Waals surface area contributed by atoms with Crippen LogP contribution in [0.3, 0.4) is 0 Å². The average molecular weight is 326 g/mol. The number of anilines is 2. The van der Waals surface area contributed by atoms with E-state index in [2.05, 4.69) is 33.4 Å². The number of nitrogen functional groups attached to an aromatic ring is 1. The van der Waals surface area contributed by atoms with Crippen molar-refractivity contribution in [3.8, 4) is 0 Å². The highest BCUT2D eigenvalue weighted by molar-refractivity contribution is 9.10. The van der Waals surface area contributed by atoms with E-state index in [1.54, 1.807) is 6.07 Å². The highest BCUT2D eigenvalue weighted by atomic mass is 79.9. The summed E-state index contributed by atoms with van der Waals surface area (Å²) in [6, 6.07) is 13.8. The van der Waals surface area contributed by atoms with E-state index in [0.717, 1.165) is 23.1 Å². The van der Waals surface area contributed by atoms with Crippen LogP contribution in [-0.2, 0) is 6.42 Å². The van der Waals surface area contributed by atoms with Crippen LogP contribution in [0.1, 0.15) is 5.56 Å². The van der Waals surface area contributed by atoms with Crippen LogP contribution in [0.2, 0.25) is 5.02 Å². The molecule has 0 saturated carbocycles. The third kappa shape index (κ3) is 3.65. The van der Waals surface area contributed by atoms with E-state index in [-0.39, 0.29) is 0 Å². The Kier molecular flexibility index (Phi) is 4.50. The van der Waals surface area contributed by atoms with E-state index in [1.165, 1.54) is 5.56 Å². The number of hydrogen-bond acceptors (Lipinski definition) is 2. The van der Waals surface area contributed by atoms with E-state index >= 15 is 0 Å². The number of benzene rings is 2. The summed E-state index contributed by atoms with van der Waals surface area (Å²) in [6.45, 7) is 0.836. The predicted octanol–water partition coefficient (Wildman–Crippen LogP) is 4.34. The van der Waals surface area contributed by atoms with E-state index in [4.69, 9.17) is 17.3 Å². The Morgan fingerprint density at radius 2 is 2.00 bits per heavy atom. The maximum absolute atomic E-state index is 5.87. The van der Waals surface area contributed by atoms with Crippen molar-refractivity contribution >= 4 is 38.9 Å². The molecule has 0 aliphatic carbocycles. The second-order valence-electron chi connectivity index (χ2n) is 4.04. The van der Waals surface area contributed by atoms with Gasteiger partial charge in [-0.05, 0) is 42.3 Å². The first-order chi connectivity index (χ1) is 8.65. The summed E-state index contributed by atoms with van der Waals surface area (Å²) in [5.74, 6) is 0. The lowest BCUT2D eigenvalue weighted by atomic mass is 10.1. The van der Waals surface area contributed by atoms with Crippen molar-refractivity contribution in [3.63, 3.8) is 0 Å². The number of hydrogen-bond donors (Lipinski definition) is 2. The van der Waals surface area contributed by atoms with Crippen LogP contribution in [0, 0.1) is 0 Å². The minimum atomic E-state index is 0.657. The first-order valence-electron chi connectivity index (χ1n) is 5.68. The monoisotopic (exact) mass is 324 g/mol. The van der Waals surface area contributed by atoms with Gasteiger partial charge < -0.3 is 11.1 Å². The van der Waals surface area contributed by atoms with E-state index < -0.39 is 0 Å². The van der Waals surface area contributed by atoms with Gasteiger partial charge in [0.25, 0.3) is 0 Å². The highest BCUT2D eigenvalue weighted by Gasteiger charge is 1.99. The van der Waals surface area contributed by atoms with Crippen molar-refractivity contribution in [2.45, 2.75) is 6.42 Å². The summed E-state index contributed by atoms with van der Waals surface area (Å²) < 4.78 is 1.10. The van der Waals surface area contributed by atoms with Crippen molar-refractivity contribution in [2.24, 2.45) is 0 Å². The molecule has 0 amide bonds. The van der Waals surface area contributed by atoms with Crippen molar-refractivity contribution < 1.29 is 0 Å². The number of halogens is 2. The zero-order valence-corrected chi connectivity index (χ0v) is 12.1. The van der Waals surface area contributed by atoms with E-state index in [1.807, 2.05) is 24.3 Å². The molecule has 0 heterocycles. The quantitative estimate of drug-likeness (QED) is 0.821. The maximum Gasteiger partial charge on any atom is 0.0575 e. The highest BCUT2D eigenvalue weighted by Crippen LogP contribution is 2.22. The summed E-state index contributed by atoms with van der Waals surface area (Å²) in [6.07, 6.45) is 0.946. The Hall–Kier alpha value is -1.19. The molecule has 18 heavy (non-hydrogen) atoms. The zero-order valence-electron chi connectivity index (χ0n) is 9.79. The third-order valence-electron chi connectivity index (χ3n) is 2.63. The van der Waals surface area contributed by atoms with E-state index in [0.29, 0.717) is 10.7 Å². The molecule has 2 rings (SSSR count). The summed E-state index contributed by atoms with van der Waals surface area (Å²) in [5, 5.41) is 3.97. The predicted molar refractivity (Wildman–Crippen MR) is 82.2 cm³/mol. The minimum absolute atomic E-state index is 0.657. The fraction of sp³-hybridized carbons (Fsp3) is 0.143. The molecule has 2 aromatic rings. The largest absolute Gasteiger partial charge is 0.397 e. The van der Waals surface area contributed by atoms with Crippen LogP contribution in [0.25, 0.3) is 0 Å². The number of rotatable bonds is 4. The lowest BCUT2D eigenvalue weighted by Crippen LogP contribution is -2.06. The topological polar surface area (TPSA) is 38.0 Å². The van der Waals surface area contributed by atoms with E-state index in [9.17, 15) is 0 Å². The van der Waals surface area contributed by atoms with Gasteiger partial charge >= 0.3 is 0 Å². The first kappa shape index (κ1) is 13.2. The molecule has 0 unspecified atom stereocenters.